The van der Waals surface area contributed by atoms with Gasteiger partial charge in [-0.2, -0.15) is 0 Å². The van der Waals surface area contributed by atoms with Gasteiger partial charge in [-0.25, -0.2) is 0 Å². The van der Waals surface area contributed by atoms with Crippen LogP contribution in [0.2, 0.25) is 0 Å². The molecule has 0 aliphatic carbocycles. The van der Waals surface area contributed by atoms with Crippen LogP contribution < -0.4 is 5.32 Å². The van der Waals surface area contributed by atoms with E-state index in [1.165, 1.54) is 0 Å². The molecule has 3 rings (SSSR count). The third kappa shape index (κ3) is 3.25. The topological polar surface area (TPSA) is 77.2 Å². The van der Waals surface area contributed by atoms with Crippen LogP contribution >= 0.6 is 11.8 Å². The molecule has 1 amide bonds. The Hall–Kier alpha value is -1.86. The summed E-state index contributed by atoms with van der Waals surface area (Å²) in [5, 5.41) is 10.4. The van der Waals surface area contributed by atoms with Crippen molar-refractivity contribution in [2.24, 2.45) is 0 Å². The van der Waals surface area contributed by atoms with Gasteiger partial charge < -0.3 is 9.15 Å². The number of amides is 1. The predicted molar refractivity (Wildman–Crippen MR) is 78.4 cm³/mol. The molecule has 2 aromatic rings. The first-order chi connectivity index (χ1) is 10.3. The molecule has 0 radical (unpaired) electrons. The average molecular weight is 305 g/mol. The van der Waals surface area contributed by atoms with Crippen molar-refractivity contribution in [2.45, 2.75) is 23.8 Å². The molecule has 1 N–H and O–H groups in total. The zero-order valence-corrected chi connectivity index (χ0v) is 12.4. The van der Waals surface area contributed by atoms with E-state index in [0.717, 1.165) is 17.7 Å². The number of aromatic nitrogens is 2. The largest absolute Gasteiger partial charge is 0.405 e. The molecule has 7 heteroatoms. The Bertz CT molecular complexity index is 638. The van der Waals surface area contributed by atoms with E-state index >= 15 is 0 Å². The van der Waals surface area contributed by atoms with E-state index in [9.17, 15) is 4.79 Å². The molecule has 1 saturated heterocycles. The standard InChI is InChI=1S/C14H15N3O3S/c1-21-10-5-2-4-9(8-10)12(18)15-14-17-16-13(20-14)11-6-3-7-19-11/h2,4-5,8,11H,3,6-7H2,1H3,(H,15,17,18). The van der Waals surface area contributed by atoms with E-state index in [1.54, 1.807) is 17.8 Å². The molecule has 1 aromatic carbocycles. The molecule has 6 nitrogen and oxygen atoms in total. The van der Waals surface area contributed by atoms with Crippen molar-refractivity contribution in [1.82, 2.24) is 10.2 Å². The molecule has 1 aliphatic heterocycles. The number of nitrogens with zero attached hydrogens (tertiary/aromatic N) is 2. The SMILES string of the molecule is CSc1cccc(C(=O)Nc2nnc(C3CCCO3)o2)c1. The average Bonchev–Trinajstić information content (AvgIpc) is 3.18. The molecule has 21 heavy (non-hydrogen) atoms. The lowest BCUT2D eigenvalue weighted by Gasteiger charge is -2.03. The number of thioether (sulfide) groups is 1. The van der Waals surface area contributed by atoms with E-state index in [0.29, 0.717) is 18.1 Å². The van der Waals surface area contributed by atoms with Crippen molar-refractivity contribution in [2.75, 3.05) is 18.2 Å². The van der Waals surface area contributed by atoms with Crippen molar-refractivity contribution >= 4 is 23.7 Å². The third-order valence-corrected chi connectivity index (χ3v) is 3.92. The van der Waals surface area contributed by atoms with Crippen LogP contribution in [0.1, 0.15) is 35.2 Å². The quantitative estimate of drug-likeness (QED) is 0.875. The molecule has 0 saturated carbocycles. The molecular formula is C14H15N3O3S. The minimum atomic E-state index is -0.270. The number of nitrogens with one attached hydrogen (secondary N) is 1. The highest BCUT2D eigenvalue weighted by molar-refractivity contribution is 7.98. The Morgan fingerprint density at radius 1 is 1.43 bits per heavy atom. The second-order valence-electron chi connectivity index (χ2n) is 4.63. The number of carbonyl (C=O) groups is 1. The van der Waals surface area contributed by atoms with Gasteiger partial charge in [-0.15, -0.1) is 16.9 Å². The molecule has 1 unspecified atom stereocenters. The first kappa shape index (κ1) is 14.1. The maximum atomic E-state index is 12.1. The molecule has 2 heterocycles. The normalized spacial score (nSPS) is 17.9. The molecule has 0 spiro atoms. The van der Waals surface area contributed by atoms with Gasteiger partial charge in [0.25, 0.3) is 5.91 Å². The van der Waals surface area contributed by atoms with Gasteiger partial charge >= 0.3 is 6.01 Å². The van der Waals surface area contributed by atoms with Crippen molar-refractivity contribution in [1.29, 1.82) is 0 Å². The number of anilines is 1. The summed E-state index contributed by atoms with van der Waals surface area (Å²) in [7, 11) is 0. The Morgan fingerprint density at radius 2 is 2.33 bits per heavy atom. The first-order valence-corrected chi connectivity index (χ1v) is 7.89. The highest BCUT2D eigenvalue weighted by atomic mass is 32.2. The summed E-state index contributed by atoms with van der Waals surface area (Å²) in [4.78, 5) is 13.2. The molecule has 1 fully saturated rings. The maximum Gasteiger partial charge on any atom is 0.322 e. The summed E-state index contributed by atoms with van der Waals surface area (Å²) in [6, 6.07) is 7.44. The van der Waals surface area contributed by atoms with Gasteiger partial charge in [-0.05, 0) is 37.3 Å². The van der Waals surface area contributed by atoms with Crippen LogP contribution in [0.5, 0.6) is 0 Å². The summed E-state index contributed by atoms with van der Waals surface area (Å²) in [5.74, 6) is 0.147. The van der Waals surface area contributed by atoms with Crippen LogP contribution in [0, 0.1) is 0 Å². The van der Waals surface area contributed by atoms with Crippen molar-refractivity contribution < 1.29 is 13.9 Å². The monoisotopic (exact) mass is 305 g/mol. The molecule has 1 aliphatic rings. The van der Waals surface area contributed by atoms with Gasteiger partial charge in [0.2, 0.25) is 5.89 Å². The highest BCUT2D eigenvalue weighted by Crippen LogP contribution is 2.28. The van der Waals surface area contributed by atoms with Gasteiger partial charge in [0.1, 0.15) is 6.10 Å². The smallest absolute Gasteiger partial charge is 0.322 e. The lowest BCUT2D eigenvalue weighted by atomic mass is 10.2. The van der Waals surface area contributed by atoms with Gasteiger partial charge in [0, 0.05) is 17.1 Å². The van der Waals surface area contributed by atoms with Crippen molar-refractivity contribution in [3.05, 3.63) is 35.7 Å². The third-order valence-electron chi connectivity index (χ3n) is 3.20. The first-order valence-electron chi connectivity index (χ1n) is 6.66. The van der Waals surface area contributed by atoms with E-state index in [4.69, 9.17) is 9.15 Å². The van der Waals surface area contributed by atoms with Crippen LogP contribution in [0.25, 0.3) is 0 Å². The molecular weight excluding hydrogens is 290 g/mol. The fourth-order valence-corrected chi connectivity index (χ4v) is 2.58. The van der Waals surface area contributed by atoms with Gasteiger partial charge in [-0.3, -0.25) is 10.1 Å². The van der Waals surface area contributed by atoms with E-state index < -0.39 is 0 Å². The Labute approximate surface area is 126 Å². The van der Waals surface area contributed by atoms with E-state index in [-0.39, 0.29) is 18.0 Å². The number of hydrogen-bond donors (Lipinski definition) is 1. The molecule has 1 atom stereocenters. The van der Waals surface area contributed by atoms with Gasteiger partial charge in [-0.1, -0.05) is 11.2 Å². The maximum absolute atomic E-state index is 12.1. The number of hydrogen-bond acceptors (Lipinski definition) is 6. The molecule has 0 bridgehead atoms. The van der Waals surface area contributed by atoms with Crippen molar-refractivity contribution in [3.8, 4) is 0 Å². The van der Waals surface area contributed by atoms with Crippen LogP contribution in [-0.2, 0) is 4.74 Å². The van der Waals surface area contributed by atoms with E-state index in [1.807, 2.05) is 24.5 Å². The molecule has 1 aromatic heterocycles. The van der Waals surface area contributed by atoms with Crippen molar-refractivity contribution in [3.63, 3.8) is 0 Å². The summed E-state index contributed by atoms with van der Waals surface area (Å²) in [5.41, 5.74) is 0.554. The van der Waals surface area contributed by atoms with Crippen LogP contribution in [0.3, 0.4) is 0 Å². The van der Waals surface area contributed by atoms with Crippen LogP contribution in [0.15, 0.2) is 33.6 Å². The summed E-state index contributed by atoms with van der Waals surface area (Å²) < 4.78 is 10.9. The lowest BCUT2D eigenvalue weighted by Crippen LogP contribution is -2.12. The van der Waals surface area contributed by atoms with Crippen LogP contribution in [0.4, 0.5) is 6.01 Å². The van der Waals surface area contributed by atoms with Gasteiger partial charge in [0.15, 0.2) is 0 Å². The Morgan fingerprint density at radius 3 is 3.10 bits per heavy atom. The number of benzene rings is 1. The van der Waals surface area contributed by atoms with Gasteiger partial charge in [0.05, 0.1) is 0 Å². The second-order valence-corrected chi connectivity index (χ2v) is 5.51. The Kier molecular flexibility index (Phi) is 4.21. The number of rotatable bonds is 4. The highest BCUT2D eigenvalue weighted by Gasteiger charge is 2.24. The second kappa shape index (κ2) is 6.28. The fraction of sp³-hybridized carbons (Fsp3) is 0.357. The zero-order chi connectivity index (χ0) is 14.7. The van der Waals surface area contributed by atoms with Crippen LogP contribution in [-0.4, -0.2) is 29.0 Å². The fourth-order valence-electron chi connectivity index (χ4n) is 2.12. The number of ether oxygens (including phenoxy) is 1. The summed E-state index contributed by atoms with van der Waals surface area (Å²) in [6.45, 7) is 0.705. The molecule has 110 valence electrons. The minimum Gasteiger partial charge on any atom is -0.405 e. The van der Waals surface area contributed by atoms with E-state index in [2.05, 4.69) is 15.5 Å². The summed E-state index contributed by atoms with van der Waals surface area (Å²) >= 11 is 1.58. The summed E-state index contributed by atoms with van der Waals surface area (Å²) in [6.07, 6.45) is 3.66. The minimum absolute atomic E-state index is 0.0973. The Balaban J connectivity index is 1.69. The zero-order valence-electron chi connectivity index (χ0n) is 11.5. The number of carbonyl (C=O) groups excluding carboxylic acids is 1. The predicted octanol–water partition coefficient (Wildman–Crippen LogP) is 2.90. The lowest BCUT2D eigenvalue weighted by molar-refractivity contribution is 0.0893.